The van der Waals surface area contributed by atoms with Crippen molar-refractivity contribution in [3.8, 4) is 5.75 Å². The number of anilines is 2. The molecule has 1 aliphatic heterocycles. The Hall–Kier alpha value is -2.41. The van der Waals surface area contributed by atoms with Gasteiger partial charge in [0.25, 0.3) is 17.4 Å². The Morgan fingerprint density at radius 3 is 2.90 bits per heavy atom. The van der Waals surface area contributed by atoms with Crippen molar-refractivity contribution in [1.29, 1.82) is 0 Å². The van der Waals surface area contributed by atoms with E-state index in [-0.39, 0.29) is 0 Å². The molecule has 6 nitrogen and oxygen atoms in total. The number of fused-ring (bicyclic) bond motifs is 1. The van der Waals surface area contributed by atoms with Gasteiger partial charge in [-0.1, -0.05) is 12.1 Å². The van der Waals surface area contributed by atoms with Gasteiger partial charge in [-0.2, -0.15) is 0 Å². The number of aryl methyl sites for hydroxylation is 1. The molecule has 0 aliphatic carbocycles. The van der Waals surface area contributed by atoms with Gasteiger partial charge in [-0.3, -0.25) is 14.9 Å². The van der Waals surface area contributed by atoms with Crippen LogP contribution in [0.1, 0.15) is 12.6 Å². The summed E-state index contributed by atoms with van der Waals surface area (Å²) in [6, 6.07) is 6.98. The first-order valence-electron chi connectivity index (χ1n) is 6.32. The van der Waals surface area contributed by atoms with Crippen molar-refractivity contribution in [3.63, 3.8) is 0 Å². The molecule has 0 bridgehead atoms. The maximum Gasteiger partial charge on any atom is 0.280 e. The van der Waals surface area contributed by atoms with Gasteiger partial charge in [0.2, 0.25) is 0 Å². The summed E-state index contributed by atoms with van der Waals surface area (Å²) in [5, 5.41) is 7.55. The van der Waals surface area contributed by atoms with Gasteiger partial charge in [0.05, 0.1) is 11.4 Å². The third kappa shape index (κ3) is 2.36. The van der Waals surface area contributed by atoms with Crippen molar-refractivity contribution >= 4 is 34.0 Å². The number of thiazole rings is 1. The lowest BCUT2D eigenvalue weighted by atomic mass is 10.0. The van der Waals surface area contributed by atoms with E-state index < -0.39 is 17.4 Å². The van der Waals surface area contributed by atoms with Gasteiger partial charge in [0, 0.05) is 5.38 Å². The molecule has 21 heavy (non-hydrogen) atoms. The van der Waals surface area contributed by atoms with Crippen LogP contribution in [-0.4, -0.2) is 22.4 Å². The number of para-hydroxylation sites is 2. The molecule has 1 atom stereocenters. The van der Waals surface area contributed by atoms with Gasteiger partial charge in [0.1, 0.15) is 5.75 Å². The summed E-state index contributed by atoms with van der Waals surface area (Å²) in [5.74, 6) is -0.596. The number of rotatable bonds is 2. The minimum Gasteiger partial charge on any atom is -0.466 e. The molecule has 0 spiro atoms. The zero-order valence-electron chi connectivity index (χ0n) is 11.5. The van der Waals surface area contributed by atoms with Crippen LogP contribution in [0, 0.1) is 6.92 Å². The van der Waals surface area contributed by atoms with Crippen molar-refractivity contribution in [2.45, 2.75) is 19.4 Å². The van der Waals surface area contributed by atoms with Crippen molar-refractivity contribution in [3.05, 3.63) is 35.3 Å². The Balaban J connectivity index is 1.86. The van der Waals surface area contributed by atoms with E-state index in [9.17, 15) is 9.59 Å². The fourth-order valence-electron chi connectivity index (χ4n) is 1.94. The first kappa shape index (κ1) is 13.6. The molecule has 108 valence electrons. The van der Waals surface area contributed by atoms with Gasteiger partial charge in [-0.05, 0) is 26.0 Å². The summed E-state index contributed by atoms with van der Waals surface area (Å²) in [4.78, 5) is 28.7. The standard InChI is InChI=1S/C14H13N3O3S/c1-8-7-21-13(15-8)17-12(19)14(2)11(18)16-9-5-3-4-6-10(9)20-14/h3-7H,1-2H3,(H,16,18)(H,15,17,19)/t14-/m0/s1. The summed E-state index contributed by atoms with van der Waals surface area (Å²) in [7, 11) is 0. The SMILES string of the molecule is Cc1csc(NC(=O)[C@@]2(C)Oc3ccccc3NC2=O)n1. The molecule has 0 saturated heterocycles. The van der Waals surface area contributed by atoms with E-state index in [1.54, 1.807) is 24.3 Å². The normalized spacial score (nSPS) is 20.2. The molecule has 0 fully saturated rings. The van der Waals surface area contributed by atoms with E-state index in [0.717, 1.165) is 5.69 Å². The van der Waals surface area contributed by atoms with Gasteiger partial charge in [0.15, 0.2) is 5.13 Å². The molecule has 0 saturated carbocycles. The number of nitrogens with one attached hydrogen (secondary N) is 2. The van der Waals surface area contributed by atoms with Crippen LogP contribution >= 0.6 is 11.3 Å². The second kappa shape index (κ2) is 4.85. The molecule has 2 N–H and O–H groups in total. The highest BCUT2D eigenvalue weighted by molar-refractivity contribution is 7.13. The number of ether oxygens (including phenoxy) is 1. The summed E-state index contributed by atoms with van der Waals surface area (Å²) in [6.07, 6.45) is 0. The van der Waals surface area contributed by atoms with Crippen molar-refractivity contribution in [1.82, 2.24) is 4.98 Å². The summed E-state index contributed by atoms with van der Waals surface area (Å²) in [5.41, 5.74) is -0.272. The molecule has 3 rings (SSSR count). The first-order valence-corrected chi connectivity index (χ1v) is 7.20. The Labute approximate surface area is 125 Å². The highest BCUT2D eigenvalue weighted by Crippen LogP contribution is 2.33. The molecule has 1 aliphatic rings. The Bertz CT molecular complexity index is 728. The lowest BCUT2D eigenvalue weighted by Crippen LogP contribution is -2.56. The fraction of sp³-hybridized carbons (Fsp3) is 0.214. The molecule has 7 heteroatoms. The predicted molar refractivity (Wildman–Crippen MR) is 79.6 cm³/mol. The summed E-state index contributed by atoms with van der Waals surface area (Å²) >= 11 is 1.30. The topological polar surface area (TPSA) is 80.3 Å². The van der Waals surface area contributed by atoms with Gasteiger partial charge in [-0.15, -0.1) is 11.3 Å². The van der Waals surface area contributed by atoms with Crippen molar-refractivity contribution < 1.29 is 14.3 Å². The number of aromatic nitrogens is 1. The maximum atomic E-state index is 12.4. The second-order valence-corrected chi connectivity index (χ2v) is 5.69. The van der Waals surface area contributed by atoms with Crippen LogP contribution < -0.4 is 15.4 Å². The smallest absolute Gasteiger partial charge is 0.280 e. The number of nitrogens with zero attached hydrogens (tertiary/aromatic N) is 1. The van der Waals surface area contributed by atoms with Crippen LogP contribution in [0.2, 0.25) is 0 Å². The lowest BCUT2D eigenvalue weighted by molar-refractivity contribution is -0.143. The van der Waals surface area contributed by atoms with E-state index in [0.29, 0.717) is 16.6 Å². The molecule has 0 radical (unpaired) electrons. The van der Waals surface area contributed by atoms with E-state index in [2.05, 4.69) is 15.6 Å². The average molecular weight is 303 g/mol. The number of hydrogen-bond donors (Lipinski definition) is 2. The lowest BCUT2D eigenvalue weighted by Gasteiger charge is -2.32. The number of amides is 2. The molecular weight excluding hydrogens is 290 g/mol. The Morgan fingerprint density at radius 1 is 1.43 bits per heavy atom. The Morgan fingerprint density at radius 2 is 2.19 bits per heavy atom. The summed E-state index contributed by atoms with van der Waals surface area (Å²) < 4.78 is 5.63. The van der Waals surface area contributed by atoms with Crippen LogP contribution in [0.5, 0.6) is 5.75 Å². The van der Waals surface area contributed by atoms with Gasteiger partial charge in [-0.25, -0.2) is 4.98 Å². The number of carbonyl (C=O) groups is 2. The monoisotopic (exact) mass is 303 g/mol. The number of hydrogen-bond acceptors (Lipinski definition) is 5. The number of carbonyl (C=O) groups excluding carboxylic acids is 2. The first-order chi connectivity index (χ1) is 9.99. The molecule has 2 amide bonds. The Kier molecular flexibility index (Phi) is 3.13. The molecule has 2 heterocycles. The van der Waals surface area contributed by atoms with E-state index in [1.807, 2.05) is 12.3 Å². The van der Waals surface area contributed by atoms with Crippen LogP contribution in [-0.2, 0) is 9.59 Å². The van der Waals surface area contributed by atoms with E-state index >= 15 is 0 Å². The zero-order valence-corrected chi connectivity index (χ0v) is 12.3. The van der Waals surface area contributed by atoms with Gasteiger partial charge < -0.3 is 10.1 Å². The average Bonchev–Trinajstić information content (AvgIpc) is 2.85. The molecule has 2 aromatic rings. The predicted octanol–water partition coefficient (Wildman–Crippen LogP) is 2.18. The molecule has 1 aromatic carbocycles. The quantitative estimate of drug-likeness (QED) is 0.833. The highest BCUT2D eigenvalue weighted by Gasteiger charge is 2.47. The van der Waals surface area contributed by atoms with Crippen LogP contribution in [0.4, 0.5) is 10.8 Å². The second-order valence-electron chi connectivity index (χ2n) is 4.83. The van der Waals surface area contributed by atoms with E-state index in [1.165, 1.54) is 18.3 Å². The summed E-state index contributed by atoms with van der Waals surface area (Å²) in [6.45, 7) is 3.27. The molecule has 0 unspecified atom stereocenters. The number of benzene rings is 1. The third-order valence-electron chi connectivity index (χ3n) is 3.16. The van der Waals surface area contributed by atoms with Crippen molar-refractivity contribution in [2.24, 2.45) is 0 Å². The minimum absolute atomic E-state index is 0.439. The third-order valence-corrected chi connectivity index (χ3v) is 4.03. The van der Waals surface area contributed by atoms with Crippen LogP contribution in [0.25, 0.3) is 0 Å². The largest absolute Gasteiger partial charge is 0.466 e. The van der Waals surface area contributed by atoms with E-state index in [4.69, 9.17) is 4.74 Å². The van der Waals surface area contributed by atoms with Gasteiger partial charge >= 0.3 is 0 Å². The molecule has 1 aromatic heterocycles. The fourth-order valence-corrected chi connectivity index (χ4v) is 2.63. The zero-order chi connectivity index (χ0) is 15.0. The van der Waals surface area contributed by atoms with Crippen LogP contribution in [0.3, 0.4) is 0 Å². The molecular formula is C14H13N3O3S. The van der Waals surface area contributed by atoms with Crippen molar-refractivity contribution in [2.75, 3.05) is 10.6 Å². The maximum absolute atomic E-state index is 12.4. The minimum atomic E-state index is -1.63. The van der Waals surface area contributed by atoms with Crippen LogP contribution in [0.15, 0.2) is 29.6 Å². The highest BCUT2D eigenvalue weighted by atomic mass is 32.1.